The number of esters is 1. The summed E-state index contributed by atoms with van der Waals surface area (Å²) in [4.78, 5) is 16.0. The number of hydrogen-bond acceptors (Lipinski definition) is 5. The van der Waals surface area contributed by atoms with Crippen LogP contribution < -0.4 is 10.5 Å². The summed E-state index contributed by atoms with van der Waals surface area (Å²) < 4.78 is 11.6. The summed E-state index contributed by atoms with van der Waals surface area (Å²) >= 11 is 2.15. The first kappa shape index (κ1) is 14.6. The molecule has 0 aliphatic heterocycles. The third-order valence-corrected chi connectivity index (χ3v) is 3.30. The summed E-state index contributed by atoms with van der Waals surface area (Å²) in [6.45, 7) is 2.01. The van der Waals surface area contributed by atoms with Crippen molar-refractivity contribution in [2.75, 3.05) is 12.3 Å². The maximum atomic E-state index is 11.9. The quantitative estimate of drug-likeness (QED) is 0.647. The van der Waals surface area contributed by atoms with Gasteiger partial charge in [0.1, 0.15) is 11.3 Å². The summed E-state index contributed by atoms with van der Waals surface area (Å²) in [7, 11) is 0. The third kappa shape index (κ3) is 3.38. The highest BCUT2D eigenvalue weighted by Crippen LogP contribution is 2.28. The van der Waals surface area contributed by atoms with Crippen molar-refractivity contribution in [1.29, 1.82) is 0 Å². The maximum Gasteiger partial charge on any atom is 0.343 e. The number of benzene rings is 1. The minimum atomic E-state index is -0.506. The van der Waals surface area contributed by atoms with Crippen LogP contribution in [-0.2, 0) is 4.74 Å². The molecular formula is C14H13IN2O3. The predicted molar refractivity (Wildman–Crippen MR) is 83.8 cm³/mol. The number of nitrogen functional groups attached to an aromatic ring is 1. The first-order chi connectivity index (χ1) is 9.61. The van der Waals surface area contributed by atoms with E-state index in [0.717, 1.165) is 3.57 Å². The lowest BCUT2D eigenvalue weighted by Gasteiger charge is -2.11. The summed E-state index contributed by atoms with van der Waals surface area (Å²) in [6.07, 6.45) is 1.44. The molecule has 2 rings (SSSR count). The number of nitrogens with zero attached hydrogens (tertiary/aromatic N) is 1. The van der Waals surface area contributed by atoms with Crippen molar-refractivity contribution in [3.63, 3.8) is 0 Å². The van der Waals surface area contributed by atoms with Crippen molar-refractivity contribution >= 4 is 34.2 Å². The number of carbonyl (C=O) groups excluding carboxylic acids is 1. The SMILES string of the molecule is CCOC(=O)c1cc(N)cnc1Oc1ccccc1I. The monoisotopic (exact) mass is 384 g/mol. The lowest BCUT2D eigenvalue weighted by atomic mass is 10.2. The van der Waals surface area contributed by atoms with Gasteiger partial charge in [-0.2, -0.15) is 0 Å². The number of aromatic nitrogens is 1. The number of pyridine rings is 1. The van der Waals surface area contributed by atoms with E-state index in [-0.39, 0.29) is 18.1 Å². The molecule has 0 saturated carbocycles. The number of nitrogens with two attached hydrogens (primary N) is 1. The van der Waals surface area contributed by atoms with Gasteiger partial charge < -0.3 is 15.2 Å². The largest absolute Gasteiger partial charge is 0.462 e. The Hall–Kier alpha value is -1.83. The number of para-hydroxylation sites is 1. The van der Waals surface area contributed by atoms with Crippen LogP contribution in [0.4, 0.5) is 5.69 Å². The van der Waals surface area contributed by atoms with Crippen LogP contribution >= 0.6 is 22.6 Å². The predicted octanol–water partition coefficient (Wildman–Crippen LogP) is 3.24. The number of carbonyl (C=O) groups is 1. The molecule has 0 bridgehead atoms. The third-order valence-electron chi connectivity index (χ3n) is 2.41. The Morgan fingerprint density at radius 1 is 1.40 bits per heavy atom. The Morgan fingerprint density at radius 2 is 2.15 bits per heavy atom. The second kappa shape index (κ2) is 6.56. The fraction of sp³-hybridized carbons (Fsp3) is 0.143. The van der Waals surface area contributed by atoms with Gasteiger partial charge in [-0.25, -0.2) is 9.78 Å². The van der Waals surface area contributed by atoms with Gasteiger partial charge in [0.25, 0.3) is 0 Å². The van der Waals surface area contributed by atoms with E-state index in [1.54, 1.807) is 13.0 Å². The Bertz CT molecular complexity index is 632. The average Bonchev–Trinajstić information content (AvgIpc) is 2.43. The topological polar surface area (TPSA) is 74.4 Å². The van der Waals surface area contributed by atoms with Crippen molar-refractivity contribution < 1.29 is 14.3 Å². The van der Waals surface area contributed by atoms with Gasteiger partial charge in [-0.3, -0.25) is 0 Å². The van der Waals surface area contributed by atoms with E-state index in [1.165, 1.54) is 12.3 Å². The first-order valence-corrected chi connectivity index (χ1v) is 7.04. The first-order valence-electron chi connectivity index (χ1n) is 5.97. The van der Waals surface area contributed by atoms with E-state index < -0.39 is 5.97 Å². The van der Waals surface area contributed by atoms with Crippen LogP contribution in [0.2, 0.25) is 0 Å². The lowest BCUT2D eigenvalue weighted by molar-refractivity contribution is 0.0523. The molecule has 0 aliphatic rings. The molecule has 0 unspecified atom stereocenters. The van der Waals surface area contributed by atoms with Gasteiger partial charge in [-0.15, -0.1) is 0 Å². The summed E-state index contributed by atoms with van der Waals surface area (Å²) in [5.74, 6) is 0.297. The summed E-state index contributed by atoms with van der Waals surface area (Å²) in [5.41, 5.74) is 6.25. The van der Waals surface area contributed by atoms with Gasteiger partial charge in [0, 0.05) is 0 Å². The number of rotatable bonds is 4. The molecule has 0 saturated heterocycles. The molecule has 6 heteroatoms. The molecule has 2 N–H and O–H groups in total. The molecule has 1 heterocycles. The van der Waals surface area contributed by atoms with Crippen molar-refractivity contribution in [1.82, 2.24) is 4.98 Å². The Labute approximate surface area is 130 Å². The molecule has 20 heavy (non-hydrogen) atoms. The number of anilines is 1. The highest BCUT2D eigenvalue weighted by atomic mass is 127. The Morgan fingerprint density at radius 3 is 2.85 bits per heavy atom. The molecule has 0 fully saturated rings. The van der Waals surface area contributed by atoms with Crippen molar-refractivity contribution in [3.05, 3.63) is 45.7 Å². The number of hydrogen-bond donors (Lipinski definition) is 1. The second-order valence-corrected chi connectivity index (χ2v) is 5.04. The molecule has 0 radical (unpaired) electrons. The zero-order valence-corrected chi connectivity index (χ0v) is 13.0. The van der Waals surface area contributed by atoms with Crippen LogP contribution in [0.1, 0.15) is 17.3 Å². The van der Waals surface area contributed by atoms with Crippen LogP contribution in [0.15, 0.2) is 36.5 Å². The normalized spacial score (nSPS) is 10.1. The van der Waals surface area contributed by atoms with Crippen LogP contribution in [0.25, 0.3) is 0 Å². The standard InChI is InChI=1S/C14H13IN2O3/c1-2-19-14(18)10-7-9(16)8-17-13(10)20-12-6-4-3-5-11(12)15/h3-8H,2,16H2,1H3. The molecule has 1 aromatic heterocycles. The highest BCUT2D eigenvalue weighted by Gasteiger charge is 2.17. The fourth-order valence-electron chi connectivity index (χ4n) is 1.54. The summed E-state index contributed by atoms with van der Waals surface area (Å²) in [5, 5.41) is 0. The minimum absolute atomic E-state index is 0.182. The van der Waals surface area contributed by atoms with E-state index in [2.05, 4.69) is 27.6 Å². The molecule has 0 atom stereocenters. The van der Waals surface area contributed by atoms with E-state index >= 15 is 0 Å². The van der Waals surface area contributed by atoms with Gasteiger partial charge in [0.2, 0.25) is 5.88 Å². The van der Waals surface area contributed by atoms with Gasteiger partial charge in [0.05, 0.1) is 22.1 Å². The summed E-state index contributed by atoms with van der Waals surface area (Å²) in [6, 6.07) is 8.94. The highest BCUT2D eigenvalue weighted by molar-refractivity contribution is 14.1. The molecule has 104 valence electrons. The van der Waals surface area contributed by atoms with E-state index in [0.29, 0.717) is 11.4 Å². The number of ether oxygens (including phenoxy) is 2. The average molecular weight is 384 g/mol. The molecule has 1 aromatic carbocycles. The smallest absolute Gasteiger partial charge is 0.343 e. The Balaban J connectivity index is 2.36. The van der Waals surface area contributed by atoms with Gasteiger partial charge in [-0.1, -0.05) is 12.1 Å². The second-order valence-electron chi connectivity index (χ2n) is 3.87. The van der Waals surface area contributed by atoms with Gasteiger partial charge in [0.15, 0.2) is 0 Å². The van der Waals surface area contributed by atoms with Gasteiger partial charge in [-0.05, 0) is 47.7 Å². The molecule has 5 nitrogen and oxygen atoms in total. The molecular weight excluding hydrogens is 371 g/mol. The van der Waals surface area contributed by atoms with Crippen molar-refractivity contribution in [3.8, 4) is 11.6 Å². The maximum absolute atomic E-state index is 11.9. The lowest BCUT2D eigenvalue weighted by Crippen LogP contribution is -2.08. The number of halogens is 1. The molecule has 0 amide bonds. The van der Waals surface area contributed by atoms with Gasteiger partial charge >= 0.3 is 5.97 Å². The van der Waals surface area contributed by atoms with E-state index in [4.69, 9.17) is 15.2 Å². The van der Waals surface area contributed by atoms with Crippen LogP contribution in [0.5, 0.6) is 11.6 Å². The zero-order valence-electron chi connectivity index (χ0n) is 10.8. The molecule has 0 aliphatic carbocycles. The minimum Gasteiger partial charge on any atom is -0.462 e. The van der Waals surface area contributed by atoms with E-state index in [9.17, 15) is 4.79 Å². The van der Waals surface area contributed by atoms with Crippen molar-refractivity contribution in [2.45, 2.75) is 6.92 Å². The van der Waals surface area contributed by atoms with Crippen LogP contribution in [0, 0.1) is 3.57 Å². The molecule has 0 spiro atoms. The van der Waals surface area contributed by atoms with Crippen LogP contribution in [-0.4, -0.2) is 17.6 Å². The Kier molecular flexibility index (Phi) is 4.78. The zero-order chi connectivity index (χ0) is 14.5. The molecule has 2 aromatic rings. The van der Waals surface area contributed by atoms with Crippen molar-refractivity contribution in [2.24, 2.45) is 0 Å². The fourth-order valence-corrected chi connectivity index (χ4v) is 2.03. The van der Waals surface area contributed by atoms with Crippen LogP contribution in [0.3, 0.4) is 0 Å². The van der Waals surface area contributed by atoms with E-state index in [1.807, 2.05) is 18.2 Å².